The third kappa shape index (κ3) is 5.23. The molecule has 3 aromatic rings. The number of aryl methyl sites for hydroxylation is 1. The average molecular weight is 399 g/mol. The van der Waals surface area contributed by atoms with Crippen LogP contribution in [-0.4, -0.2) is 36.4 Å². The molecule has 0 atom stereocenters. The van der Waals surface area contributed by atoms with Gasteiger partial charge in [-0.25, -0.2) is 9.78 Å². The van der Waals surface area contributed by atoms with Gasteiger partial charge in [-0.05, 0) is 42.8 Å². The van der Waals surface area contributed by atoms with E-state index >= 15 is 0 Å². The Bertz CT molecular complexity index is 953. The first kappa shape index (κ1) is 19.7. The predicted octanol–water partition coefficient (Wildman–Crippen LogP) is 4.21. The summed E-state index contributed by atoms with van der Waals surface area (Å²) in [6.45, 7) is 1.99. The maximum absolute atomic E-state index is 10.6. The number of methoxy groups -OCH3 is 1. The Hall–Kier alpha value is -3.06. The van der Waals surface area contributed by atoms with Gasteiger partial charge in [0.05, 0.1) is 24.4 Å². The van der Waals surface area contributed by atoms with Crippen molar-refractivity contribution in [1.82, 2.24) is 4.98 Å². The second kappa shape index (κ2) is 9.23. The van der Waals surface area contributed by atoms with Gasteiger partial charge in [-0.3, -0.25) is 0 Å². The number of thiazole rings is 1. The van der Waals surface area contributed by atoms with Crippen LogP contribution >= 0.6 is 11.3 Å². The lowest BCUT2D eigenvalue weighted by molar-refractivity contribution is -0.139. The fraction of sp³-hybridized carbons (Fsp3) is 0.238. The van der Waals surface area contributed by atoms with E-state index in [1.54, 1.807) is 30.6 Å². The van der Waals surface area contributed by atoms with Gasteiger partial charge in [-0.2, -0.15) is 0 Å². The van der Waals surface area contributed by atoms with Gasteiger partial charge in [-0.1, -0.05) is 12.1 Å². The molecule has 2 aromatic carbocycles. The van der Waals surface area contributed by atoms with Gasteiger partial charge >= 0.3 is 5.97 Å². The van der Waals surface area contributed by atoms with Crippen molar-refractivity contribution in [2.75, 3.05) is 20.3 Å². The van der Waals surface area contributed by atoms with E-state index in [4.69, 9.17) is 19.3 Å². The number of carboxylic acids is 1. The van der Waals surface area contributed by atoms with Crippen molar-refractivity contribution in [1.29, 1.82) is 0 Å². The van der Waals surface area contributed by atoms with Crippen LogP contribution in [0.5, 0.6) is 17.2 Å². The van der Waals surface area contributed by atoms with Crippen molar-refractivity contribution in [2.24, 2.45) is 0 Å². The molecule has 0 aliphatic rings. The first-order valence-electron chi connectivity index (χ1n) is 8.72. The van der Waals surface area contributed by atoms with Crippen LogP contribution in [0.3, 0.4) is 0 Å². The molecule has 0 fully saturated rings. The molecule has 6 nitrogen and oxygen atoms in total. The van der Waals surface area contributed by atoms with Crippen LogP contribution in [0.25, 0.3) is 11.3 Å². The molecule has 1 aromatic heterocycles. The normalized spacial score (nSPS) is 10.5. The number of carbonyl (C=O) groups is 1. The second-order valence-corrected chi connectivity index (χ2v) is 7.01. The molecule has 146 valence electrons. The van der Waals surface area contributed by atoms with E-state index < -0.39 is 5.97 Å². The number of benzene rings is 2. The highest BCUT2D eigenvalue weighted by molar-refractivity contribution is 7.09. The van der Waals surface area contributed by atoms with E-state index in [9.17, 15) is 4.79 Å². The summed E-state index contributed by atoms with van der Waals surface area (Å²) in [7, 11) is 1.65. The Morgan fingerprint density at radius 2 is 2.00 bits per heavy atom. The van der Waals surface area contributed by atoms with Crippen molar-refractivity contribution in [2.45, 2.75) is 13.3 Å². The van der Waals surface area contributed by atoms with Crippen LogP contribution in [0, 0.1) is 6.92 Å². The molecule has 0 radical (unpaired) electrons. The Balaban J connectivity index is 1.55. The Kier molecular flexibility index (Phi) is 6.49. The Morgan fingerprint density at radius 1 is 1.14 bits per heavy atom. The number of rotatable bonds is 9. The van der Waals surface area contributed by atoms with Gasteiger partial charge in [0.1, 0.15) is 17.2 Å². The maximum Gasteiger partial charge on any atom is 0.341 e. The highest BCUT2D eigenvalue weighted by Crippen LogP contribution is 2.26. The third-order valence-corrected chi connectivity index (χ3v) is 4.91. The zero-order chi connectivity index (χ0) is 19.9. The van der Waals surface area contributed by atoms with Crippen molar-refractivity contribution < 1.29 is 24.1 Å². The second-order valence-electron chi connectivity index (χ2n) is 6.07. The van der Waals surface area contributed by atoms with Crippen LogP contribution < -0.4 is 14.2 Å². The minimum atomic E-state index is -1.00. The molecule has 1 N–H and O–H groups in total. The third-order valence-electron chi connectivity index (χ3n) is 4.00. The number of aromatic nitrogens is 1. The van der Waals surface area contributed by atoms with E-state index in [1.165, 1.54) is 0 Å². The molecule has 28 heavy (non-hydrogen) atoms. The van der Waals surface area contributed by atoms with Crippen LogP contribution in [0.15, 0.2) is 47.8 Å². The maximum atomic E-state index is 10.6. The van der Waals surface area contributed by atoms with Gasteiger partial charge in [0.25, 0.3) is 0 Å². The van der Waals surface area contributed by atoms with Crippen LogP contribution in [0.4, 0.5) is 0 Å². The van der Waals surface area contributed by atoms with Crippen molar-refractivity contribution in [3.8, 4) is 28.5 Å². The lowest BCUT2D eigenvalue weighted by Crippen LogP contribution is -2.10. The van der Waals surface area contributed by atoms with E-state index in [0.29, 0.717) is 24.5 Å². The minimum absolute atomic E-state index is 0.360. The molecule has 7 heteroatoms. The molecule has 1 heterocycles. The van der Waals surface area contributed by atoms with Crippen LogP contribution in [0.1, 0.15) is 10.6 Å². The lowest BCUT2D eigenvalue weighted by atomic mass is 10.2. The van der Waals surface area contributed by atoms with Gasteiger partial charge in [0.15, 0.2) is 6.61 Å². The highest BCUT2D eigenvalue weighted by atomic mass is 32.1. The van der Waals surface area contributed by atoms with E-state index in [1.807, 2.05) is 42.6 Å². The number of hydrogen-bond donors (Lipinski definition) is 1. The first-order valence-corrected chi connectivity index (χ1v) is 9.60. The van der Waals surface area contributed by atoms with E-state index in [-0.39, 0.29) is 6.61 Å². The molecule has 0 unspecified atom stereocenters. The largest absolute Gasteiger partial charge is 0.497 e. The Labute approximate surface area is 167 Å². The molecule has 0 aliphatic heterocycles. The predicted molar refractivity (Wildman–Crippen MR) is 108 cm³/mol. The monoisotopic (exact) mass is 399 g/mol. The van der Waals surface area contributed by atoms with Crippen molar-refractivity contribution in [3.63, 3.8) is 0 Å². The quantitative estimate of drug-likeness (QED) is 0.581. The molecular formula is C21H21NO5S. The van der Waals surface area contributed by atoms with Crippen molar-refractivity contribution in [3.05, 3.63) is 58.4 Å². The smallest absolute Gasteiger partial charge is 0.341 e. The molecule has 3 rings (SSSR count). The number of nitrogens with zero attached hydrogens (tertiary/aromatic N) is 1. The zero-order valence-corrected chi connectivity index (χ0v) is 16.5. The number of ether oxygens (including phenoxy) is 3. The lowest BCUT2D eigenvalue weighted by Gasteiger charge is -2.10. The minimum Gasteiger partial charge on any atom is -0.497 e. The average Bonchev–Trinajstić information content (AvgIpc) is 3.16. The number of hydrogen-bond acceptors (Lipinski definition) is 6. The van der Waals surface area contributed by atoms with Crippen LogP contribution in [0.2, 0.25) is 0 Å². The van der Waals surface area contributed by atoms with E-state index in [0.717, 1.165) is 27.6 Å². The van der Waals surface area contributed by atoms with E-state index in [2.05, 4.69) is 4.98 Å². The fourth-order valence-corrected chi connectivity index (χ4v) is 3.40. The van der Waals surface area contributed by atoms with Gasteiger partial charge in [0.2, 0.25) is 0 Å². The molecule has 0 saturated carbocycles. The first-order chi connectivity index (χ1) is 13.5. The summed E-state index contributed by atoms with van der Waals surface area (Å²) in [6, 6.07) is 13.2. The molecule has 0 spiro atoms. The van der Waals surface area contributed by atoms with Gasteiger partial charge in [0, 0.05) is 17.4 Å². The summed E-state index contributed by atoms with van der Waals surface area (Å²) in [5, 5.41) is 11.7. The topological polar surface area (TPSA) is 77.9 Å². The molecule has 0 saturated heterocycles. The Morgan fingerprint density at radius 3 is 2.75 bits per heavy atom. The zero-order valence-electron chi connectivity index (χ0n) is 15.7. The summed E-state index contributed by atoms with van der Waals surface area (Å²) >= 11 is 1.60. The van der Waals surface area contributed by atoms with Crippen molar-refractivity contribution >= 4 is 17.3 Å². The standard InChI is InChI=1S/C21H21NO5S/c1-14-10-17(6-7-19(14)27-12-21(23)24)26-9-8-20-22-18(13-28-20)15-4-3-5-16(11-15)25-2/h3-7,10-11,13H,8-9,12H2,1-2H3,(H,23,24). The summed E-state index contributed by atoms with van der Waals surface area (Å²) in [6.07, 6.45) is 0.699. The van der Waals surface area contributed by atoms with Gasteiger partial charge < -0.3 is 19.3 Å². The number of aliphatic carboxylic acids is 1. The fourth-order valence-electron chi connectivity index (χ4n) is 2.61. The highest BCUT2D eigenvalue weighted by Gasteiger charge is 2.08. The van der Waals surface area contributed by atoms with Gasteiger partial charge in [-0.15, -0.1) is 11.3 Å². The van der Waals surface area contributed by atoms with Crippen LogP contribution in [-0.2, 0) is 11.2 Å². The summed E-state index contributed by atoms with van der Waals surface area (Å²) < 4.78 is 16.3. The summed E-state index contributed by atoms with van der Waals surface area (Å²) in [4.78, 5) is 15.3. The molecule has 0 bridgehead atoms. The molecular weight excluding hydrogens is 378 g/mol. The molecule has 0 amide bonds. The molecule has 0 aliphatic carbocycles. The summed E-state index contributed by atoms with van der Waals surface area (Å²) in [5.74, 6) is 1.06. The SMILES string of the molecule is COc1cccc(-c2csc(CCOc3ccc(OCC(=O)O)c(C)c3)n2)c1. The summed E-state index contributed by atoms with van der Waals surface area (Å²) in [5.41, 5.74) is 2.78. The number of carboxylic acid groups (broad SMARTS) is 1.